The van der Waals surface area contributed by atoms with Crippen LogP contribution in [0.5, 0.6) is 0 Å². The number of carbonyl (C=O) groups excluding carboxylic acids is 3. The summed E-state index contributed by atoms with van der Waals surface area (Å²) < 4.78 is 0.774. The number of nitrogens with zero attached hydrogens (tertiary/aromatic N) is 5. The second kappa shape index (κ2) is 9.59. The number of para-hydroxylation sites is 1. The number of hydrogen-bond donors (Lipinski definition) is 1. The van der Waals surface area contributed by atoms with Crippen LogP contribution in [-0.2, 0) is 14.4 Å². The van der Waals surface area contributed by atoms with Crippen LogP contribution in [0.4, 0.5) is 22.2 Å². The maximum atomic E-state index is 13.5. The number of nitro groups is 2. The predicted octanol–water partition coefficient (Wildman–Crippen LogP) is 3.69. The number of hydrogen-bond acceptors (Lipinski definition) is 10. The van der Waals surface area contributed by atoms with Gasteiger partial charge in [0.05, 0.1) is 31.8 Å². The van der Waals surface area contributed by atoms with Gasteiger partial charge in [0.1, 0.15) is 5.69 Å². The van der Waals surface area contributed by atoms with Crippen molar-refractivity contribution < 1.29 is 24.2 Å². The molecule has 0 spiro atoms. The van der Waals surface area contributed by atoms with Crippen LogP contribution in [0.25, 0.3) is 10.2 Å². The number of rotatable bonds is 7. The standard InChI is InChI=1S/C24H14N6O7S/c31-21(22(32)26-24-25-15-8-4-5-9-18(15)38-24)19-20(13-6-2-1-3-7-13)27-28(23(19)33)16-11-10-14(29(34)35)12-17(16)30(36)37/h1-12,19H,(H,25,26,32)/t19-/m1/s1. The molecule has 0 radical (unpaired) electrons. The molecule has 38 heavy (non-hydrogen) atoms. The molecule has 2 heterocycles. The van der Waals surface area contributed by atoms with Gasteiger partial charge in [0.2, 0.25) is 5.78 Å². The number of nitro benzene ring substituents is 2. The van der Waals surface area contributed by atoms with Gasteiger partial charge in [-0.15, -0.1) is 0 Å². The fraction of sp³-hybridized carbons (Fsp3) is 0.0417. The van der Waals surface area contributed by atoms with Crippen LogP contribution >= 0.6 is 11.3 Å². The van der Waals surface area contributed by atoms with Crippen molar-refractivity contribution >= 4 is 67.1 Å². The minimum atomic E-state index is -1.72. The molecule has 0 saturated carbocycles. The van der Waals surface area contributed by atoms with Crippen molar-refractivity contribution in [1.82, 2.24) is 4.98 Å². The number of benzene rings is 3. The van der Waals surface area contributed by atoms with E-state index in [1.165, 1.54) is 0 Å². The Kier molecular flexibility index (Phi) is 6.14. The average molecular weight is 530 g/mol. The number of carbonyl (C=O) groups is 3. The van der Waals surface area contributed by atoms with Crippen LogP contribution in [0, 0.1) is 26.1 Å². The normalized spacial score (nSPS) is 14.8. The zero-order valence-corrected chi connectivity index (χ0v) is 19.8. The Morgan fingerprint density at radius 2 is 1.66 bits per heavy atom. The molecular formula is C24H14N6O7S. The maximum Gasteiger partial charge on any atom is 0.301 e. The summed E-state index contributed by atoms with van der Waals surface area (Å²) in [6.07, 6.45) is 0. The van der Waals surface area contributed by atoms with E-state index in [1.807, 2.05) is 0 Å². The number of fused-ring (bicyclic) bond motifs is 1. The topological polar surface area (TPSA) is 178 Å². The molecule has 5 rings (SSSR count). The van der Waals surface area contributed by atoms with E-state index in [4.69, 9.17) is 0 Å². The summed E-state index contributed by atoms with van der Waals surface area (Å²) in [7, 11) is 0. The molecule has 0 unspecified atom stereocenters. The van der Waals surface area contributed by atoms with Gasteiger partial charge in [0, 0.05) is 6.07 Å². The molecule has 0 fully saturated rings. The first-order valence-corrected chi connectivity index (χ1v) is 11.7. The molecule has 13 nitrogen and oxygen atoms in total. The number of Topliss-reactive ketones (excluding diaryl/α,β-unsaturated/α-hetero) is 1. The van der Waals surface area contributed by atoms with Crippen LogP contribution in [0.15, 0.2) is 77.9 Å². The molecule has 3 aromatic carbocycles. The summed E-state index contributed by atoms with van der Waals surface area (Å²) in [4.78, 5) is 65.0. The third-order valence-electron chi connectivity index (χ3n) is 5.60. The van der Waals surface area contributed by atoms with Gasteiger partial charge in [0.15, 0.2) is 11.0 Å². The van der Waals surface area contributed by atoms with Gasteiger partial charge in [-0.25, -0.2) is 4.98 Å². The van der Waals surface area contributed by atoms with Gasteiger partial charge < -0.3 is 0 Å². The van der Waals surface area contributed by atoms with Crippen LogP contribution in [-0.4, -0.2) is 38.1 Å². The first-order chi connectivity index (χ1) is 18.2. The van der Waals surface area contributed by atoms with Gasteiger partial charge >= 0.3 is 5.69 Å². The Balaban J connectivity index is 1.52. The number of non-ortho nitro benzene ring substituents is 1. The SMILES string of the molecule is O=C(Nc1nc2ccccc2s1)C(=O)[C@@H]1C(=O)N(c2ccc([N+](=O)[O-])cc2[N+](=O)[O-])N=C1c1ccccc1. The molecular weight excluding hydrogens is 516 g/mol. The largest absolute Gasteiger partial charge is 0.301 e. The molecule has 1 N–H and O–H groups in total. The number of thiazole rings is 1. The summed E-state index contributed by atoms with van der Waals surface area (Å²) in [6, 6.07) is 17.8. The summed E-state index contributed by atoms with van der Waals surface area (Å²) in [5, 5.41) is 30.1. The van der Waals surface area contributed by atoms with Crippen molar-refractivity contribution in [3.63, 3.8) is 0 Å². The van der Waals surface area contributed by atoms with Crippen LogP contribution in [0.3, 0.4) is 0 Å². The highest BCUT2D eigenvalue weighted by molar-refractivity contribution is 7.22. The second-order valence-electron chi connectivity index (χ2n) is 7.93. The number of nitrogens with one attached hydrogen (secondary N) is 1. The fourth-order valence-electron chi connectivity index (χ4n) is 3.86. The lowest BCUT2D eigenvalue weighted by Gasteiger charge is -2.13. The number of amides is 2. The van der Waals surface area contributed by atoms with Crippen LogP contribution in [0.1, 0.15) is 5.56 Å². The molecule has 188 valence electrons. The number of aromatic nitrogens is 1. The van der Waals surface area contributed by atoms with Crippen molar-refractivity contribution in [3.8, 4) is 0 Å². The zero-order chi connectivity index (χ0) is 27.0. The molecule has 1 aliphatic heterocycles. The average Bonchev–Trinajstić information content (AvgIpc) is 3.48. The van der Waals surface area contributed by atoms with E-state index in [1.54, 1.807) is 54.6 Å². The lowest BCUT2D eigenvalue weighted by Crippen LogP contribution is -2.39. The van der Waals surface area contributed by atoms with E-state index < -0.39 is 44.7 Å². The summed E-state index contributed by atoms with van der Waals surface area (Å²) in [5.41, 5.74) is -0.883. The predicted molar refractivity (Wildman–Crippen MR) is 137 cm³/mol. The quantitative estimate of drug-likeness (QED) is 0.163. The van der Waals surface area contributed by atoms with E-state index in [0.29, 0.717) is 22.2 Å². The summed E-state index contributed by atoms with van der Waals surface area (Å²) in [5.74, 6) is -5.01. The van der Waals surface area contributed by atoms with Crippen molar-refractivity contribution in [2.45, 2.75) is 0 Å². The maximum absolute atomic E-state index is 13.5. The number of ketones is 1. The molecule has 1 aliphatic rings. The highest BCUT2D eigenvalue weighted by atomic mass is 32.1. The van der Waals surface area contributed by atoms with Gasteiger partial charge in [-0.2, -0.15) is 10.1 Å². The molecule has 2 amide bonds. The third kappa shape index (κ3) is 4.35. The van der Waals surface area contributed by atoms with Crippen molar-refractivity contribution in [2.75, 3.05) is 10.3 Å². The molecule has 14 heteroatoms. The van der Waals surface area contributed by atoms with Gasteiger partial charge in [-0.3, -0.25) is 39.9 Å². The highest BCUT2D eigenvalue weighted by Gasteiger charge is 2.46. The highest BCUT2D eigenvalue weighted by Crippen LogP contribution is 2.36. The molecule has 4 aromatic rings. The Morgan fingerprint density at radius 3 is 2.34 bits per heavy atom. The van der Waals surface area contributed by atoms with E-state index in [2.05, 4.69) is 15.4 Å². The molecule has 1 aromatic heterocycles. The lowest BCUT2D eigenvalue weighted by molar-refractivity contribution is -0.393. The smallest absolute Gasteiger partial charge is 0.295 e. The molecule has 0 aliphatic carbocycles. The Morgan fingerprint density at radius 1 is 0.947 bits per heavy atom. The zero-order valence-electron chi connectivity index (χ0n) is 19.0. The molecule has 0 saturated heterocycles. The molecule has 0 bridgehead atoms. The Hall–Kier alpha value is -5.37. The van der Waals surface area contributed by atoms with Crippen molar-refractivity contribution in [2.24, 2.45) is 11.0 Å². The Labute approximate surface area is 216 Å². The lowest BCUT2D eigenvalue weighted by atomic mass is 9.92. The monoisotopic (exact) mass is 530 g/mol. The number of hydrazone groups is 1. The summed E-state index contributed by atoms with van der Waals surface area (Å²) in [6.45, 7) is 0. The van der Waals surface area contributed by atoms with Gasteiger partial charge in [-0.05, 0) is 23.8 Å². The second-order valence-corrected chi connectivity index (χ2v) is 8.96. The number of anilines is 2. The first-order valence-electron chi connectivity index (χ1n) is 10.9. The van der Waals surface area contributed by atoms with Crippen molar-refractivity contribution in [3.05, 3.63) is 98.6 Å². The van der Waals surface area contributed by atoms with Crippen molar-refractivity contribution in [1.29, 1.82) is 0 Å². The Bertz CT molecular complexity index is 1650. The van der Waals surface area contributed by atoms with E-state index in [9.17, 15) is 34.6 Å². The first kappa shape index (κ1) is 24.3. The third-order valence-corrected chi connectivity index (χ3v) is 6.55. The fourth-order valence-corrected chi connectivity index (χ4v) is 4.72. The van der Waals surface area contributed by atoms with E-state index >= 15 is 0 Å². The van der Waals surface area contributed by atoms with Crippen LogP contribution in [0.2, 0.25) is 0 Å². The van der Waals surface area contributed by atoms with Gasteiger partial charge in [-0.1, -0.05) is 53.8 Å². The van der Waals surface area contributed by atoms with Crippen LogP contribution < -0.4 is 10.3 Å². The summed E-state index contributed by atoms with van der Waals surface area (Å²) >= 11 is 1.14. The minimum Gasteiger partial charge on any atom is -0.295 e. The minimum absolute atomic E-state index is 0.104. The van der Waals surface area contributed by atoms with E-state index in [-0.39, 0.29) is 16.5 Å². The molecule has 1 atom stereocenters. The van der Waals surface area contributed by atoms with E-state index in [0.717, 1.165) is 28.2 Å². The van der Waals surface area contributed by atoms with Gasteiger partial charge in [0.25, 0.3) is 17.5 Å².